The van der Waals surface area contributed by atoms with Gasteiger partial charge < -0.3 is 15.9 Å². The summed E-state index contributed by atoms with van der Waals surface area (Å²) in [5, 5.41) is 6.18. The van der Waals surface area contributed by atoms with Crippen molar-refractivity contribution in [2.75, 3.05) is 10.2 Å². The second-order valence-electron chi connectivity index (χ2n) is 29.4. The Balaban J connectivity index is 0.000000132. The van der Waals surface area contributed by atoms with E-state index in [-0.39, 0.29) is 1.43 Å². The number of nitrogens with one attached hydrogen (secondary N) is 1. The second-order valence-corrected chi connectivity index (χ2v) is 30.2. The number of hydrogen-bond acceptors (Lipinski definition) is 4. The van der Waals surface area contributed by atoms with E-state index >= 15 is 0 Å². The summed E-state index contributed by atoms with van der Waals surface area (Å²) in [6.45, 7) is 0. The molecular formula is C110H76BrN6-. The molecule has 0 aliphatic carbocycles. The molecule has 0 amide bonds. The van der Waals surface area contributed by atoms with Crippen molar-refractivity contribution in [3.8, 4) is 145 Å². The van der Waals surface area contributed by atoms with Gasteiger partial charge in [-0.2, -0.15) is 0 Å². The highest BCUT2D eigenvalue weighted by Gasteiger charge is 2.33. The predicted octanol–water partition coefficient (Wildman–Crippen LogP) is 30.5. The zero-order valence-corrected chi connectivity index (χ0v) is 65.4. The number of para-hydroxylation sites is 6. The molecule has 0 bridgehead atoms. The number of halogens is 1. The molecule has 0 radical (unpaired) electrons. The van der Waals surface area contributed by atoms with Crippen LogP contribution in [0.2, 0.25) is 0 Å². The van der Waals surface area contributed by atoms with Crippen molar-refractivity contribution in [1.29, 1.82) is 0 Å². The highest BCUT2D eigenvalue weighted by atomic mass is 79.9. The van der Waals surface area contributed by atoms with Crippen LogP contribution in [0.3, 0.4) is 0 Å². The van der Waals surface area contributed by atoms with E-state index in [2.05, 4.69) is 447 Å². The summed E-state index contributed by atoms with van der Waals surface area (Å²) in [5.74, 6) is 0.860. The molecule has 6 nitrogen and oxygen atoms in total. The average molecular weight is 1560 g/mol. The summed E-state index contributed by atoms with van der Waals surface area (Å²) in [6, 6.07) is 160. The summed E-state index contributed by atoms with van der Waals surface area (Å²) in [5.41, 5.74) is 36.7. The first-order valence-corrected chi connectivity index (χ1v) is 40.4. The lowest BCUT2D eigenvalue weighted by Gasteiger charge is -2.27. The minimum atomic E-state index is 0. The van der Waals surface area contributed by atoms with Crippen molar-refractivity contribution < 1.29 is 1.43 Å². The fraction of sp³-hybridized carbons (Fsp3) is 0. The average Bonchev–Trinajstić information content (AvgIpc) is 1.56. The minimum absolute atomic E-state index is 0. The summed E-state index contributed by atoms with van der Waals surface area (Å²) >= 11 is 3.50. The molecule has 22 rings (SSSR count). The Kier molecular flexibility index (Phi) is 19.1. The van der Waals surface area contributed by atoms with E-state index < -0.39 is 0 Å². The molecule has 117 heavy (non-hydrogen) atoms. The molecule has 6 heterocycles. The zero-order chi connectivity index (χ0) is 78.0. The van der Waals surface area contributed by atoms with Gasteiger partial charge >= 0.3 is 0 Å². The standard InChI is InChI=1S/C55H37N3.C38H26N2.C17H12BrN.H/c1-5-19-38(20-6-1)42-33-43(39-21-7-2-8-22-39)35-45(34-42)57-50-30-16-13-27-46(50)54-47-28-14-17-31-51(47)58(52-32-18-15-29-48(52)55(54)57)53-37-44(40-23-9-3-10-24-40)36-49(56-53)41-25-11-4-12-26-41;1-3-13-26(14-4-1)28-23-29(27-15-5-2-6-16-27)25-30(24-28)40-36-22-12-9-19-33(36)37-31-17-7-10-20-34(31)39-35-21-11-8-18-32(35)38(37)40;18-17-12-15(13-7-3-1-4-8-13)11-16(19-17)14-9-5-2-6-10-14;/h1-37H;1-25,39H;1-12H;/q;;;-1/i;;;1+1. The highest BCUT2D eigenvalue weighted by Crippen LogP contribution is 2.56. The van der Waals surface area contributed by atoms with Gasteiger partial charge in [0, 0.05) is 78.0 Å². The Morgan fingerprint density at radius 2 is 0.530 bits per heavy atom. The lowest BCUT2D eigenvalue weighted by molar-refractivity contribution is 1.13. The smallest absolute Gasteiger partial charge is 0.138 e. The maximum absolute atomic E-state index is 5.49. The van der Waals surface area contributed by atoms with Crippen molar-refractivity contribution in [3.63, 3.8) is 0 Å². The lowest BCUT2D eigenvalue weighted by Crippen LogP contribution is -2.13. The molecule has 4 aromatic heterocycles. The quantitative estimate of drug-likeness (QED) is 0.131. The monoisotopic (exact) mass is 1560 g/mol. The summed E-state index contributed by atoms with van der Waals surface area (Å²) in [7, 11) is 0. The van der Waals surface area contributed by atoms with Gasteiger partial charge in [-0.3, -0.25) is 4.90 Å². The molecule has 7 heteroatoms. The van der Waals surface area contributed by atoms with E-state index in [9.17, 15) is 0 Å². The van der Waals surface area contributed by atoms with Gasteiger partial charge in [-0.1, -0.05) is 352 Å². The molecule has 2 aliphatic rings. The third kappa shape index (κ3) is 13.9. The number of rotatable bonds is 11. The van der Waals surface area contributed by atoms with E-state index in [0.29, 0.717) is 0 Å². The molecule has 0 atom stereocenters. The van der Waals surface area contributed by atoms with Gasteiger partial charge in [-0.05, 0) is 180 Å². The van der Waals surface area contributed by atoms with Crippen LogP contribution < -0.4 is 10.2 Å². The molecule has 0 fully saturated rings. The Morgan fingerprint density at radius 3 is 0.966 bits per heavy atom. The van der Waals surface area contributed by atoms with Gasteiger partial charge in [-0.15, -0.1) is 0 Å². The van der Waals surface area contributed by atoms with Gasteiger partial charge in [0.2, 0.25) is 0 Å². The normalized spacial score (nSPS) is 11.5. The fourth-order valence-corrected chi connectivity index (χ4v) is 17.3. The predicted molar refractivity (Wildman–Crippen MR) is 494 cm³/mol. The lowest BCUT2D eigenvalue weighted by atomic mass is 9.97. The van der Waals surface area contributed by atoms with E-state index in [1.165, 1.54) is 99.9 Å². The maximum atomic E-state index is 5.49. The first kappa shape index (κ1) is 71.0. The fourth-order valence-electron chi connectivity index (χ4n) is 16.9. The van der Waals surface area contributed by atoms with Crippen molar-refractivity contribution in [1.82, 2.24) is 19.1 Å². The number of benzene rings is 16. The van der Waals surface area contributed by atoms with Crippen LogP contribution in [-0.2, 0) is 0 Å². The SMILES string of the molecule is Brc1cc(-c2ccccc2)cc(-c2ccccc2)n1.[2H-].c1ccc(-c2cc(-c3ccccc3)cc(-n3c4c(c5ccccc53)-c3ccccc3N(c3cc(-c5ccccc5)cc(-c5ccccc5)n3)c3ccccc3-4)c2)cc1.c1ccc(-c2cc(-c3ccccc3)cc(-n3c4c(c5ccccc53)-c3ccccc3Nc3ccccc3-4)c2)cc1. The number of nitrogens with zero attached hydrogens (tertiary/aromatic N) is 5. The van der Waals surface area contributed by atoms with Gasteiger partial charge in [0.05, 0.1) is 45.2 Å². The van der Waals surface area contributed by atoms with Crippen molar-refractivity contribution in [2.24, 2.45) is 0 Å². The van der Waals surface area contributed by atoms with Crippen LogP contribution >= 0.6 is 15.9 Å². The van der Waals surface area contributed by atoms with Crippen LogP contribution in [0.25, 0.3) is 167 Å². The molecule has 0 spiro atoms. The maximum Gasteiger partial charge on any atom is 0.138 e. The van der Waals surface area contributed by atoms with Gasteiger partial charge in [-0.25, -0.2) is 9.97 Å². The summed E-state index contributed by atoms with van der Waals surface area (Å²) in [4.78, 5) is 12.4. The van der Waals surface area contributed by atoms with E-state index in [0.717, 1.165) is 101 Å². The van der Waals surface area contributed by atoms with E-state index in [1.807, 2.05) is 42.5 Å². The summed E-state index contributed by atoms with van der Waals surface area (Å²) in [6.07, 6.45) is 0. The molecule has 16 aromatic carbocycles. The van der Waals surface area contributed by atoms with Crippen LogP contribution in [0.5, 0.6) is 0 Å². The van der Waals surface area contributed by atoms with E-state index in [4.69, 9.17) is 4.98 Å². The van der Waals surface area contributed by atoms with Crippen molar-refractivity contribution in [3.05, 3.63) is 454 Å². The van der Waals surface area contributed by atoms with Crippen LogP contribution in [0.1, 0.15) is 1.43 Å². The van der Waals surface area contributed by atoms with Crippen molar-refractivity contribution in [2.45, 2.75) is 0 Å². The van der Waals surface area contributed by atoms with Crippen LogP contribution in [0.4, 0.5) is 28.6 Å². The first-order chi connectivity index (χ1) is 58.0. The third-order valence-corrected chi connectivity index (χ3v) is 22.6. The van der Waals surface area contributed by atoms with Crippen LogP contribution in [0.15, 0.2) is 454 Å². The molecular weight excluding hydrogens is 1490 g/mol. The highest BCUT2D eigenvalue weighted by molar-refractivity contribution is 9.10. The molecule has 0 unspecified atom stereocenters. The van der Waals surface area contributed by atoms with Gasteiger partial charge in [0.15, 0.2) is 0 Å². The molecule has 2 aliphatic heterocycles. The zero-order valence-electron chi connectivity index (χ0n) is 64.8. The topological polar surface area (TPSA) is 50.9 Å². The Hall–Kier alpha value is -15.0. The third-order valence-electron chi connectivity index (χ3n) is 22.2. The molecule has 1 N–H and O–H groups in total. The largest absolute Gasteiger partial charge is 1.00 e. The summed E-state index contributed by atoms with van der Waals surface area (Å²) < 4.78 is 5.81. The number of fused-ring (bicyclic) bond motifs is 14. The number of aromatic nitrogens is 4. The number of anilines is 5. The second kappa shape index (κ2) is 31.5. The Bertz CT molecular complexity index is 6790. The molecule has 0 saturated carbocycles. The molecule has 20 aromatic rings. The van der Waals surface area contributed by atoms with Gasteiger partial charge in [0.1, 0.15) is 10.4 Å². The van der Waals surface area contributed by atoms with Gasteiger partial charge in [0.25, 0.3) is 0 Å². The molecule has 554 valence electrons. The number of pyridine rings is 2. The Morgan fingerprint density at radius 1 is 0.231 bits per heavy atom. The molecule has 0 saturated heterocycles. The van der Waals surface area contributed by atoms with Crippen LogP contribution in [-0.4, -0.2) is 19.1 Å². The van der Waals surface area contributed by atoms with Crippen LogP contribution in [0, 0.1) is 0 Å². The number of hydrogen-bond donors (Lipinski definition) is 1. The van der Waals surface area contributed by atoms with E-state index in [1.54, 1.807) is 0 Å². The van der Waals surface area contributed by atoms with Crippen molar-refractivity contribution >= 4 is 66.3 Å². The Labute approximate surface area is 691 Å². The first-order valence-electron chi connectivity index (χ1n) is 39.6. The minimum Gasteiger partial charge on any atom is -1.00 e.